The molecule has 2 amide bonds. The molecule has 0 radical (unpaired) electrons. The Morgan fingerprint density at radius 1 is 0.947 bits per heavy atom. The van der Waals surface area contributed by atoms with Crippen molar-refractivity contribution < 1.29 is 32.7 Å². The predicted molar refractivity (Wildman–Crippen MR) is 139 cm³/mol. The van der Waals surface area contributed by atoms with Crippen LogP contribution in [0.15, 0.2) is 77.4 Å². The summed E-state index contributed by atoms with van der Waals surface area (Å²) in [6.45, 7) is -0.120. The number of nitrogens with one attached hydrogen (secondary N) is 3. The van der Waals surface area contributed by atoms with E-state index in [2.05, 4.69) is 31.9 Å². The van der Waals surface area contributed by atoms with Crippen molar-refractivity contribution in [2.24, 2.45) is 0 Å². The normalized spacial score (nSPS) is 11.4. The van der Waals surface area contributed by atoms with Crippen LogP contribution in [0.3, 0.4) is 0 Å². The first-order chi connectivity index (χ1) is 18.0. The number of anilines is 2. The van der Waals surface area contributed by atoms with E-state index in [-0.39, 0.29) is 18.8 Å². The Hall–Kier alpha value is -4.16. The standard InChI is InChI=1S/C26H20BrF3N4O4/c27-17-7-10-22-20(11-17)21(33-25(38)32-18-8-5-16(6-9-18)26(28,29)30)14-34(22)24(37)19-4-2-1-3-15(19)12-31-13-23(35)36/h1-11,14,31H,12-13H2,(H,35,36)(H2,32,33,38). The first-order valence-corrected chi connectivity index (χ1v) is 11.9. The highest BCUT2D eigenvalue weighted by Gasteiger charge is 2.30. The monoisotopic (exact) mass is 588 g/mol. The minimum Gasteiger partial charge on any atom is -0.480 e. The van der Waals surface area contributed by atoms with Crippen LogP contribution in [0, 0.1) is 0 Å². The maximum Gasteiger partial charge on any atom is 0.416 e. The number of urea groups is 1. The summed E-state index contributed by atoms with van der Waals surface area (Å²) in [4.78, 5) is 37.1. The number of hydrogen-bond acceptors (Lipinski definition) is 4. The lowest BCUT2D eigenvalue weighted by Crippen LogP contribution is -2.23. The van der Waals surface area contributed by atoms with Crippen molar-refractivity contribution in [3.63, 3.8) is 0 Å². The lowest BCUT2D eigenvalue weighted by Gasteiger charge is -2.10. The highest BCUT2D eigenvalue weighted by molar-refractivity contribution is 9.10. The lowest BCUT2D eigenvalue weighted by molar-refractivity contribution is -0.138. The fourth-order valence-electron chi connectivity index (χ4n) is 3.81. The van der Waals surface area contributed by atoms with Gasteiger partial charge in [-0.3, -0.25) is 14.2 Å². The molecule has 12 heteroatoms. The third kappa shape index (κ3) is 6.21. The van der Waals surface area contributed by atoms with E-state index in [0.29, 0.717) is 32.2 Å². The van der Waals surface area contributed by atoms with Crippen molar-refractivity contribution >= 4 is 56.1 Å². The minimum atomic E-state index is -4.49. The van der Waals surface area contributed by atoms with Gasteiger partial charge < -0.3 is 21.1 Å². The Morgan fingerprint density at radius 2 is 1.66 bits per heavy atom. The van der Waals surface area contributed by atoms with Gasteiger partial charge in [-0.15, -0.1) is 0 Å². The number of aromatic nitrogens is 1. The van der Waals surface area contributed by atoms with Gasteiger partial charge in [0.05, 0.1) is 23.3 Å². The van der Waals surface area contributed by atoms with Gasteiger partial charge in [0, 0.05) is 33.9 Å². The number of aliphatic carboxylic acids is 1. The molecule has 0 aliphatic rings. The van der Waals surface area contributed by atoms with E-state index in [1.54, 1.807) is 42.5 Å². The van der Waals surface area contributed by atoms with Crippen molar-refractivity contribution in [2.75, 3.05) is 17.2 Å². The zero-order chi connectivity index (χ0) is 27.4. The molecule has 0 bridgehead atoms. The van der Waals surface area contributed by atoms with E-state index in [9.17, 15) is 27.6 Å². The number of amides is 2. The molecule has 1 aromatic heterocycles. The zero-order valence-electron chi connectivity index (χ0n) is 19.5. The number of nitrogens with zero attached hydrogens (tertiary/aromatic N) is 1. The SMILES string of the molecule is O=C(O)CNCc1ccccc1C(=O)n1cc(NC(=O)Nc2ccc(C(F)(F)F)cc2)c2cc(Br)ccc21. The van der Waals surface area contributed by atoms with Gasteiger partial charge >= 0.3 is 18.2 Å². The van der Waals surface area contributed by atoms with Gasteiger partial charge in [-0.1, -0.05) is 34.1 Å². The summed E-state index contributed by atoms with van der Waals surface area (Å²) in [5.41, 5.74) is 1.03. The maximum absolute atomic E-state index is 13.6. The van der Waals surface area contributed by atoms with Crippen LogP contribution in [0.4, 0.5) is 29.3 Å². The molecule has 196 valence electrons. The van der Waals surface area contributed by atoms with Gasteiger partial charge in [-0.05, 0) is 54.1 Å². The summed E-state index contributed by atoms with van der Waals surface area (Å²) in [7, 11) is 0. The van der Waals surface area contributed by atoms with E-state index in [1.165, 1.54) is 10.8 Å². The van der Waals surface area contributed by atoms with E-state index in [0.717, 1.165) is 24.3 Å². The second kappa shape index (κ2) is 11.1. The molecule has 0 spiro atoms. The Morgan fingerprint density at radius 3 is 2.34 bits per heavy atom. The first kappa shape index (κ1) is 26.9. The summed E-state index contributed by atoms with van der Waals surface area (Å²) in [6, 6.07) is 15.2. The molecule has 0 fully saturated rings. The number of hydrogen-bond donors (Lipinski definition) is 4. The smallest absolute Gasteiger partial charge is 0.416 e. The molecular weight excluding hydrogens is 569 g/mol. The summed E-state index contributed by atoms with van der Waals surface area (Å²) >= 11 is 3.38. The van der Waals surface area contributed by atoms with Gasteiger partial charge in [-0.25, -0.2) is 4.79 Å². The summed E-state index contributed by atoms with van der Waals surface area (Å²) in [5, 5.41) is 17.3. The zero-order valence-corrected chi connectivity index (χ0v) is 21.1. The molecule has 0 aliphatic carbocycles. The second-order valence-electron chi connectivity index (χ2n) is 8.19. The van der Waals surface area contributed by atoms with Gasteiger partial charge in [0.1, 0.15) is 0 Å². The number of alkyl halides is 3. The van der Waals surface area contributed by atoms with Crippen molar-refractivity contribution in [1.29, 1.82) is 0 Å². The average molecular weight is 589 g/mol. The summed E-state index contributed by atoms with van der Waals surface area (Å²) < 4.78 is 40.5. The van der Waals surface area contributed by atoms with Gasteiger partial charge in [0.15, 0.2) is 0 Å². The molecule has 4 rings (SSSR count). The molecule has 8 nitrogen and oxygen atoms in total. The minimum absolute atomic E-state index is 0.152. The number of carbonyl (C=O) groups is 3. The largest absolute Gasteiger partial charge is 0.480 e. The molecule has 38 heavy (non-hydrogen) atoms. The van der Waals surface area contributed by atoms with E-state index in [1.807, 2.05) is 0 Å². The van der Waals surface area contributed by atoms with Crippen LogP contribution in [0.5, 0.6) is 0 Å². The highest BCUT2D eigenvalue weighted by atomic mass is 79.9. The highest BCUT2D eigenvalue weighted by Crippen LogP contribution is 2.31. The predicted octanol–water partition coefficient (Wildman–Crippen LogP) is 5.93. The third-order valence-electron chi connectivity index (χ3n) is 5.54. The molecular formula is C26H20BrF3N4O4. The molecule has 0 saturated carbocycles. The molecule has 4 N–H and O–H groups in total. The van der Waals surface area contributed by atoms with Crippen molar-refractivity contribution in [3.05, 3.63) is 94.1 Å². The van der Waals surface area contributed by atoms with Gasteiger partial charge in [-0.2, -0.15) is 13.2 Å². The second-order valence-corrected chi connectivity index (χ2v) is 9.10. The summed E-state index contributed by atoms with van der Waals surface area (Å²) in [5.74, 6) is -1.43. The van der Waals surface area contributed by atoms with Crippen molar-refractivity contribution in [1.82, 2.24) is 9.88 Å². The van der Waals surface area contributed by atoms with Gasteiger partial charge in [0.2, 0.25) is 0 Å². The molecule has 0 unspecified atom stereocenters. The fourth-order valence-corrected chi connectivity index (χ4v) is 4.18. The fraction of sp³-hybridized carbons (Fsp3) is 0.115. The number of rotatable bonds is 7. The van der Waals surface area contributed by atoms with Crippen LogP contribution in [0.1, 0.15) is 21.5 Å². The Balaban J connectivity index is 1.60. The molecule has 4 aromatic rings. The third-order valence-corrected chi connectivity index (χ3v) is 6.04. The number of carboxylic acids is 1. The molecule has 0 aliphatic heterocycles. The van der Waals surface area contributed by atoms with E-state index >= 15 is 0 Å². The van der Waals surface area contributed by atoms with Crippen LogP contribution in [0.2, 0.25) is 0 Å². The first-order valence-electron chi connectivity index (χ1n) is 11.1. The number of benzene rings is 3. The van der Waals surface area contributed by atoms with Gasteiger partial charge in [0.25, 0.3) is 5.91 Å². The van der Waals surface area contributed by atoms with Crippen LogP contribution in [0.25, 0.3) is 10.9 Å². The Labute approximate surface area is 222 Å². The maximum atomic E-state index is 13.6. The quantitative estimate of drug-likeness (QED) is 0.214. The molecule has 0 saturated heterocycles. The van der Waals surface area contributed by atoms with Crippen molar-refractivity contribution in [2.45, 2.75) is 12.7 Å². The number of carbonyl (C=O) groups excluding carboxylic acids is 2. The lowest BCUT2D eigenvalue weighted by atomic mass is 10.1. The van der Waals surface area contributed by atoms with Crippen molar-refractivity contribution in [3.8, 4) is 0 Å². The number of carboxylic acid groups (broad SMARTS) is 1. The van der Waals surface area contributed by atoms with Crippen LogP contribution in [-0.2, 0) is 17.5 Å². The van der Waals surface area contributed by atoms with Crippen LogP contribution in [-0.4, -0.2) is 34.1 Å². The van der Waals surface area contributed by atoms with Crippen LogP contribution < -0.4 is 16.0 Å². The molecule has 0 atom stereocenters. The number of fused-ring (bicyclic) bond motifs is 1. The molecule has 3 aromatic carbocycles. The van der Waals surface area contributed by atoms with Crippen LogP contribution >= 0.6 is 15.9 Å². The number of halogens is 4. The van der Waals surface area contributed by atoms with E-state index < -0.39 is 29.6 Å². The topological polar surface area (TPSA) is 112 Å². The Bertz CT molecular complexity index is 1520. The summed E-state index contributed by atoms with van der Waals surface area (Å²) in [6.07, 6.45) is -3.04. The molecule has 1 heterocycles. The van der Waals surface area contributed by atoms with E-state index in [4.69, 9.17) is 5.11 Å². The Kier molecular flexibility index (Phi) is 7.83. The average Bonchev–Trinajstić information content (AvgIpc) is 3.20.